The van der Waals surface area contributed by atoms with Crippen LogP contribution in [0.3, 0.4) is 0 Å². The van der Waals surface area contributed by atoms with Gasteiger partial charge < -0.3 is 16.0 Å². The van der Waals surface area contributed by atoms with Crippen LogP contribution in [0.4, 0.5) is 0 Å². The zero-order valence-electron chi connectivity index (χ0n) is 14.2. The van der Waals surface area contributed by atoms with E-state index in [-0.39, 0.29) is 5.91 Å². The summed E-state index contributed by atoms with van der Waals surface area (Å²) in [4.78, 5) is 17.8. The van der Waals surface area contributed by atoms with Crippen LogP contribution in [0.1, 0.15) is 49.5 Å². The number of guanidine groups is 1. The molecule has 2 rings (SSSR count). The van der Waals surface area contributed by atoms with Crippen LogP contribution in [-0.4, -0.2) is 31.0 Å². The van der Waals surface area contributed by atoms with Gasteiger partial charge >= 0.3 is 0 Å². The number of rotatable bonds is 7. The Morgan fingerprint density at radius 1 is 1.35 bits per heavy atom. The third-order valence-corrected chi connectivity index (χ3v) is 5.07. The summed E-state index contributed by atoms with van der Waals surface area (Å²) in [5.41, 5.74) is 1.28. The van der Waals surface area contributed by atoms with Gasteiger partial charge in [0.15, 0.2) is 5.96 Å². The summed E-state index contributed by atoms with van der Waals surface area (Å²) in [6.45, 7) is 6.24. The second kappa shape index (κ2) is 9.55. The normalized spacial score (nSPS) is 15.7. The number of hydrogen-bond acceptors (Lipinski definition) is 3. The molecule has 0 aromatic carbocycles. The molecule has 3 N–H and O–H groups in total. The predicted octanol–water partition coefficient (Wildman–Crippen LogP) is 2.56. The Kier molecular flexibility index (Phi) is 7.39. The number of aliphatic imine (C=N–C) groups is 1. The Morgan fingerprint density at radius 2 is 2.13 bits per heavy atom. The van der Waals surface area contributed by atoms with Crippen molar-refractivity contribution in [1.29, 1.82) is 0 Å². The Labute approximate surface area is 143 Å². The van der Waals surface area contributed by atoms with Crippen LogP contribution >= 0.6 is 11.3 Å². The van der Waals surface area contributed by atoms with Crippen molar-refractivity contribution in [2.75, 3.05) is 13.1 Å². The maximum absolute atomic E-state index is 11.9. The molecule has 1 aromatic heterocycles. The smallest absolute Gasteiger partial charge is 0.221 e. The van der Waals surface area contributed by atoms with Crippen LogP contribution in [0.5, 0.6) is 0 Å². The van der Waals surface area contributed by atoms with Gasteiger partial charge in [0, 0.05) is 30.4 Å². The SMILES string of the molecule is CCNC(=NCc1sccc1C)NCCC(=O)NC1CCCC1. The lowest BCUT2D eigenvalue weighted by Crippen LogP contribution is -2.40. The van der Waals surface area contributed by atoms with Crippen molar-refractivity contribution in [2.24, 2.45) is 4.99 Å². The molecule has 0 atom stereocenters. The lowest BCUT2D eigenvalue weighted by molar-refractivity contribution is -0.121. The highest BCUT2D eigenvalue weighted by atomic mass is 32.1. The largest absolute Gasteiger partial charge is 0.357 e. The van der Waals surface area contributed by atoms with Gasteiger partial charge in [-0.3, -0.25) is 4.79 Å². The van der Waals surface area contributed by atoms with E-state index in [0.717, 1.165) is 25.3 Å². The standard InChI is InChI=1S/C17H28N4OS/c1-3-18-17(20-12-15-13(2)9-11-23-15)19-10-8-16(22)21-14-6-4-5-7-14/h9,11,14H,3-8,10,12H2,1-2H3,(H,21,22)(H2,18,19,20). The van der Waals surface area contributed by atoms with Crippen molar-refractivity contribution >= 4 is 23.2 Å². The maximum Gasteiger partial charge on any atom is 0.221 e. The van der Waals surface area contributed by atoms with E-state index >= 15 is 0 Å². The van der Waals surface area contributed by atoms with Crippen molar-refractivity contribution in [3.8, 4) is 0 Å². The fourth-order valence-corrected chi connectivity index (χ4v) is 3.55. The summed E-state index contributed by atoms with van der Waals surface area (Å²) >= 11 is 1.73. The minimum Gasteiger partial charge on any atom is -0.357 e. The molecule has 1 aliphatic carbocycles. The number of carbonyl (C=O) groups is 1. The minimum atomic E-state index is 0.134. The van der Waals surface area contributed by atoms with Gasteiger partial charge in [0.2, 0.25) is 5.91 Å². The first kappa shape index (κ1) is 17.8. The molecule has 128 valence electrons. The first-order valence-corrected chi connectivity index (χ1v) is 9.41. The van der Waals surface area contributed by atoms with E-state index in [1.807, 2.05) is 6.92 Å². The van der Waals surface area contributed by atoms with Gasteiger partial charge in [0.1, 0.15) is 0 Å². The third kappa shape index (κ3) is 6.22. The molecule has 1 amide bonds. The van der Waals surface area contributed by atoms with E-state index in [0.29, 0.717) is 25.6 Å². The Hall–Kier alpha value is -1.56. The van der Waals surface area contributed by atoms with E-state index in [9.17, 15) is 4.79 Å². The van der Waals surface area contributed by atoms with Crippen molar-refractivity contribution < 1.29 is 4.79 Å². The highest BCUT2D eigenvalue weighted by Crippen LogP contribution is 2.17. The molecule has 5 nitrogen and oxygen atoms in total. The number of nitrogens with zero attached hydrogens (tertiary/aromatic N) is 1. The number of thiophene rings is 1. The average molecular weight is 337 g/mol. The number of carbonyl (C=O) groups excluding carboxylic acids is 1. The van der Waals surface area contributed by atoms with Gasteiger partial charge in [-0.1, -0.05) is 12.8 Å². The van der Waals surface area contributed by atoms with E-state index in [1.54, 1.807) is 11.3 Å². The molecule has 0 aliphatic heterocycles. The van der Waals surface area contributed by atoms with E-state index in [1.165, 1.54) is 23.3 Å². The molecule has 0 radical (unpaired) electrons. The van der Waals surface area contributed by atoms with Crippen LogP contribution in [0.15, 0.2) is 16.4 Å². The first-order valence-electron chi connectivity index (χ1n) is 8.53. The highest BCUT2D eigenvalue weighted by molar-refractivity contribution is 7.10. The highest BCUT2D eigenvalue weighted by Gasteiger charge is 2.16. The molecular weight excluding hydrogens is 308 g/mol. The molecule has 1 fully saturated rings. The van der Waals surface area contributed by atoms with E-state index in [4.69, 9.17) is 0 Å². The molecule has 0 unspecified atom stereocenters. The molecule has 1 aromatic rings. The lowest BCUT2D eigenvalue weighted by atomic mass is 10.2. The van der Waals surface area contributed by atoms with Gasteiger partial charge in [-0.25, -0.2) is 4.99 Å². The number of aryl methyl sites for hydroxylation is 1. The van der Waals surface area contributed by atoms with Crippen molar-refractivity contribution in [3.05, 3.63) is 21.9 Å². The summed E-state index contributed by atoms with van der Waals surface area (Å²) in [5, 5.41) is 11.7. The topological polar surface area (TPSA) is 65.5 Å². The monoisotopic (exact) mass is 336 g/mol. The molecule has 0 bridgehead atoms. The van der Waals surface area contributed by atoms with Gasteiger partial charge in [0.25, 0.3) is 0 Å². The first-order chi connectivity index (χ1) is 11.2. The second-order valence-electron chi connectivity index (χ2n) is 5.95. The summed E-state index contributed by atoms with van der Waals surface area (Å²) in [7, 11) is 0. The number of amides is 1. The molecule has 23 heavy (non-hydrogen) atoms. The second-order valence-corrected chi connectivity index (χ2v) is 6.95. The van der Waals surface area contributed by atoms with Gasteiger partial charge in [-0.2, -0.15) is 0 Å². The van der Waals surface area contributed by atoms with E-state index < -0.39 is 0 Å². The van der Waals surface area contributed by atoms with Crippen molar-refractivity contribution in [2.45, 2.75) is 58.5 Å². The van der Waals surface area contributed by atoms with Crippen LogP contribution in [0.25, 0.3) is 0 Å². The third-order valence-electron chi connectivity index (χ3n) is 4.06. The fourth-order valence-electron chi connectivity index (χ4n) is 2.72. The number of hydrogen-bond donors (Lipinski definition) is 3. The molecule has 1 aliphatic rings. The van der Waals surface area contributed by atoms with Gasteiger partial charge in [0.05, 0.1) is 6.54 Å². The zero-order valence-corrected chi connectivity index (χ0v) is 15.0. The molecule has 1 heterocycles. The lowest BCUT2D eigenvalue weighted by Gasteiger charge is -2.13. The molecular formula is C17H28N4OS. The Morgan fingerprint density at radius 3 is 2.78 bits per heavy atom. The fraction of sp³-hybridized carbons (Fsp3) is 0.647. The molecule has 1 saturated carbocycles. The molecule has 0 saturated heterocycles. The summed E-state index contributed by atoms with van der Waals surface area (Å²) < 4.78 is 0. The Bertz CT molecular complexity index is 520. The van der Waals surface area contributed by atoms with Crippen molar-refractivity contribution in [1.82, 2.24) is 16.0 Å². The van der Waals surface area contributed by atoms with E-state index in [2.05, 4.69) is 39.3 Å². The predicted molar refractivity (Wildman–Crippen MR) is 96.9 cm³/mol. The van der Waals surface area contributed by atoms with Gasteiger partial charge in [-0.05, 0) is 43.7 Å². The quantitative estimate of drug-likeness (QED) is 0.530. The van der Waals surface area contributed by atoms with Crippen LogP contribution in [-0.2, 0) is 11.3 Å². The van der Waals surface area contributed by atoms with Crippen LogP contribution < -0.4 is 16.0 Å². The van der Waals surface area contributed by atoms with Crippen LogP contribution in [0.2, 0.25) is 0 Å². The summed E-state index contributed by atoms with van der Waals surface area (Å²) in [6.07, 6.45) is 5.22. The minimum absolute atomic E-state index is 0.134. The zero-order chi connectivity index (χ0) is 16.5. The summed E-state index contributed by atoms with van der Waals surface area (Å²) in [6, 6.07) is 2.51. The molecule has 0 spiro atoms. The Balaban J connectivity index is 1.73. The van der Waals surface area contributed by atoms with Crippen molar-refractivity contribution in [3.63, 3.8) is 0 Å². The van der Waals surface area contributed by atoms with Crippen LogP contribution in [0, 0.1) is 6.92 Å². The average Bonchev–Trinajstić information content (AvgIpc) is 3.16. The summed E-state index contributed by atoms with van der Waals surface area (Å²) in [5.74, 6) is 0.906. The number of nitrogens with one attached hydrogen (secondary N) is 3. The van der Waals surface area contributed by atoms with Gasteiger partial charge in [-0.15, -0.1) is 11.3 Å². The maximum atomic E-state index is 11.9. The molecule has 6 heteroatoms.